The van der Waals surface area contributed by atoms with Crippen molar-refractivity contribution in [1.29, 1.82) is 0 Å². The van der Waals surface area contributed by atoms with Crippen molar-refractivity contribution >= 4 is 44.9 Å². The van der Waals surface area contributed by atoms with E-state index in [1.165, 1.54) is 23.1 Å². The number of benzene rings is 2. The topological polar surface area (TPSA) is 55.2 Å². The summed E-state index contributed by atoms with van der Waals surface area (Å²) in [4.78, 5) is 34.9. The number of carbonyl (C=O) groups excluding carboxylic acids is 1. The molecule has 4 aromatic rings. The number of hydrogen-bond acceptors (Lipinski definition) is 5. The van der Waals surface area contributed by atoms with Gasteiger partial charge in [-0.1, -0.05) is 48.2 Å². The molecule has 0 fully saturated rings. The Hall–Kier alpha value is -2.90. The molecule has 0 saturated heterocycles. The molecular weight excluding hydrogens is 426 g/mol. The van der Waals surface area contributed by atoms with Gasteiger partial charge in [-0.3, -0.25) is 14.2 Å². The number of thioether (sulfide) groups is 1. The molecule has 31 heavy (non-hydrogen) atoms. The Labute approximate surface area is 189 Å². The molecule has 0 aliphatic carbocycles. The van der Waals surface area contributed by atoms with Gasteiger partial charge in [0.15, 0.2) is 5.16 Å². The van der Waals surface area contributed by atoms with Gasteiger partial charge in [-0.2, -0.15) is 0 Å². The highest BCUT2D eigenvalue weighted by molar-refractivity contribution is 8.00. The lowest BCUT2D eigenvalue weighted by Gasteiger charge is -2.22. The molecule has 2 aromatic heterocycles. The number of carbonyl (C=O) groups is 1. The van der Waals surface area contributed by atoms with Gasteiger partial charge in [0.25, 0.3) is 5.56 Å². The maximum Gasteiger partial charge on any atom is 0.267 e. The third-order valence-corrected chi connectivity index (χ3v) is 7.43. The smallest absolute Gasteiger partial charge is 0.267 e. The van der Waals surface area contributed by atoms with Gasteiger partial charge in [0.05, 0.1) is 16.3 Å². The molecule has 2 heterocycles. The number of amides is 1. The summed E-state index contributed by atoms with van der Waals surface area (Å²) in [5, 5.41) is 0.745. The zero-order chi connectivity index (χ0) is 22.1. The summed E-state index contributed by atoms with van der Waals surface area (Å²) in [7, 11) is 1.77. The number of thiophene rings is 1. The van der Waals surface area contributed by atoms with E-state index in [4.69, 9.17) is 4.98 Å². The molecule has 158 valence electrons. The minimum absolute atomic E-state index is 0.0521. The third-order valence-electron chi connectivity index (χ3n) is 5.29. The van der Waals surface area contributed by atoms with Crippen molar-refractivity contribution in [3.05, 3.63) is 81.5 Å². The van der Waals surface area contributed by atoms with Crippen LogP contribution in [0.1, 0.15) is 17.4 Å². The van der Waals surface area contributed by atoms with Crippen molar-refractivity contribution in [2.75, 3.05) is 11.9 Å². The Morgan fingerprint density at radius 2 is 1.68 bits per heavy atom. The Morgan fingerprint density at radius 3 is 2.32 bits per heavy atom. The van der Waals surface area contributed by atoms with E-state index in [0.717, 1.165) is 21.8 Å². The maximum atomic E-state index is 13.5. The molecule has 2 aromatic carbocycles. The Morgan fingerprint density at radius 1 is 1.06 bits per heavy atom. The maximum absolute atomic E-state index is 13.5. The molecule has 1 atom stereocenters. The van der Waals surface area contributed by atoms with E-state index >= 15 is 0 Å². The Balaban J connectivity index is 1.78. The summed E-state index contributed by atoms with van der Waals surface area (Å²) in [5.41, 5.74) is 2.43. The van der Waals surface area contributed by atoms with Crippen molar-refractivity contribution in [1.82, 2.24) is 9.55 Å². The normalized spacial score (nSPS) is 12.1. The third kappa shape index (κ3) is 4.03. The van der Waals surface area contributed by atoms with Gasteiger partial charge >= 0.3 is 0 Å². The quantitative estimate of drug-likeness (QED) is 0.310. The Bertz CT molecular complexity index is 1300. The van der Waals surface area contributed by atoms with E-state index < -0.39 is 5.25 Å². The number of para-hydroxylation sites is 2. The second-order valence-corrected chi connectivity index (χ2v) is 9.84. The number of rotatable bonds is 5. The van der Waals surface area contributed by atoms with E-state index in [1.807, 2.05) is 81.4 Å². The molecule has 0 unspecified atom stereocenters. The number of aryl methyl sites for hydroxylation is 2. The first kappa shape index (κ1) is 21.3. The molecular formula is C24H23N3O2S2. The highest BCUT2D eigenvalue weighted by Gasteiger charge is 2.24. The predicted molar refractivity (Wildman–Crippen MR) is 130 cm³/mol. The van der Waals surface area contributed by atoms with Crippen LogP contribution in [-0.4, -0.2) is 27.8 Å². The molecule has 4 rings (SSSR count). The highest BCUT2D eigenvalue weighted by Crippen LogP contribution is 2.31. The zero-order valence-corrected chi connectivity index (χ0v) is 19.5. The minimum atomic E-state index is -0.424. The van der Waals surface area contributed by atoms with E-state index in [1.54, 1.807) is 16.5 Å². The van der Waals surface area contributed by atoms with Crippen molar-refractivity contribution in [3.8, 4) is 5.69 Å². The summed E-state index contributed by atoms with van der Waals surface area (Å²) in [6.07, 6.45) is 0. The van der Waals surface area contributed by atoms with Crippen molar-refractivity contribution in [3.63, 3.8) is 0 Å². The van der Waals surface area contributed by atoms with Gasteiger partial charge < -0.3 is 4.90 Å². The van der Waals surface area contributed by atoms with Gasteiger partial charge in [0, 0.05) is 17.6 Å². The van der Waals surface area contributed by atoms with Crippen molar-refractivity contribution in [2.45, 2.75) is 31.2 Å². The van der Waals surface area contributed by atoms with Crippen LogP contribution in [0.15, 0.2) is 70.6 Å². The zero-order valence-electron chi connectivity index (χ0n) is 17.8. The minimum Gasteiger partial charge on any atom is -0.315 e. The molecule has 0 radical (unpaired) electrons. The van der Waals surface area contributed by atoms with Gasteiger partial charge in [-0.05, 0) is 50.6 Å². The van der Waals surface area contributed by atoms with Crippen LogP contribution in [0.5, 0.6) is 0 Å². The first-order chi connectivity index (χ1) is 14.9. The SMILES string of the molecule is Cc1sc2nc(S[C@H](C)C(=O)N(C)c3ccccc3)n(-c3ccccc3)c(=O)c2c1C. The summed E-state index contributed by atoms with van der Waals surface area (Å²) in [5.74, 6) is -0.0521. The predicted octanol–water partition coefficient (Wildman–Crippen LogP) is 5.21. The second-order valence-electron chi connectivity index (χ2n) is 7.33. The fourth-order valence-electron chi connectivity index (χ4n) is 3.42. The standard InChI is InChI=1S/C24H23N3O2S2/c1-15-16(2)30-21-20(15)23(29)27(19-13-9-6-10-14-19)24(25-21)31-17(3)22(28)26(4)18-11-7-5-8-12-18/h5-14,17H,1-4H3/t17-/m1/s1. The van der Waals surface area contributed by atoms with Crippen LogP contribution in [-0.2, 0) is 4.79 Å². The molecule has 0 aliphatic rings. The van der Waals surface area contributed by atoms with E-state index in [0.29, 0.717) is 15.4 Å². The van der Waals surface area contributed by atoms with E-state index in [-0.39, 0.29) is 11.5 Å². The Kier molecular flexibility index (Phi) is 5.98. The van der Waals surface area contributed by atoms with Crippen molar-refractivity contribution < 1.29 is 4.79 Å². The van der Waals surface area contributed by atoms with Crippen LogP contribution in [0, 0.1) is 13.8 Å². The van der Waals surface area contributed by atoms with E-state index in [9.17, 15) is 9.59 Å². The van der Waals surface area contributed by atoms with E-state index in [2.05, 4.69) is 0 Å². The fourth-order valence-corrected chi connectivity index (χ4v) is 5.51. The summed E-state index contributed by atoms with van der Waals surface area (Å²) in [6.45, 7) is 5.81. The second kappa shape index (κ2) is 8.69. The van der Waals surface area contributed by atoms with Crippen molar-refractivity contribution in [2.24, 2.45) is 0 Å². The molecule has 1 amide bonds. The first-order valence-electron chi connectivity index (χ1n) is 9.96. The summed E-state index contributed by atoms with van der Waals surface area (Å²) in [6, 6.07) is 19.0. The van der Waals surface area contributed by atoms with Gasteiger partial charge in [0.2, 0.25) is 5.91 Å². The van der Waals surface area contributed by atoms with Crippen LogP contribution in [0.25, 0.3) is 15.9 Å². The monoisotopic (exact) mass is 449 g/mol. The lowest BCUT2D eigenvalue weighted by atomic mass is 10.2. The van der Waals surface area contributed by atoms with Crippen LogP contribution in [0.4, 0.5) is 5.69 Å². The first-order valence-corrected chi connectivity index (χ1v) is 11.7. The number of fused-ring (bicyclic) bond motifs is 1. The molecule has 0 N–H and O–H groups in total. The molecule has 0 spiro atoms. The van der Waals surface area contributed by atoms with Crippen LogP contribution in [0.2, 0.25) is 0 Å². The number of aromatic nitrogens is 2. The molecule has 0 bridgehead atoms. The van der Waals surface area contributed by atoms with Crippen LogP contribution in [0.3, 0.4) is 0 Å². The number of nitrogens with zero attached hydrogens (tertiary/aromatic N) is 3. The summed E-state index contributed by atoms with van der Waals surface area (Å²) >= 11 is 2.82. The molecule has 7 heteroatoms. The number of hydrogen-bond donors (Lipinski definition) is 0. The van der Waals surface area contributed by atoms with Crippen LogP contribution < -0.4 is 10.5 Å². The molecule has 5 nitrogen and oxygen atoms in total. The van der Waals surface area contributed by atoms with Gasteiger partial charge in [-0.15, -0.1) is 11.3 Å². The van der Waals surface area contributed by atoms with Gasteiger partial charge in [-0.25, -0.2) is 4.98 Å². The average molecular weight is 450 g/mol. The average Bonchev–Trinajstić information content (AvgIpc) is 3.07. The molecule has 0 aliphatic heterocycles. The molecule has 0 saturated carbocycles. The fraction of sp³-hybridized carbons (Fsp3) is 0.208. The largest absolute Gasteiger partial charge is 0.315 e. The van der Waals surface area contributed by atoms with Gasteiger partial charge in [0.1, 0.15) is 4.83 Å². The highest BCUT2D eigenvalue weighted by atomic mass is 32.2. The lowest BCUT2D eigenvalue weighted by molar-refractivity contribution is -0.117. The summed E-state index contributed by atoms with van der Waals surface area (Å²) < 4.78 is 1.62. The van der Waals surface area contributed by atoms with Crippen LogP contribution >= 0.6 is 23.1 Å². The number of anilines is 1. The lowest BCUT2D eigenvalue weighted by Crippen LogP contribution is -2.33.